The van der Waals surface area contributed by atoms with Gasteiger partial charge in [-0.1, -0.05) is 206 Å². The van der Waals surface area contributed by atoms with E-state index in [2.05, 4.69) is 300 Å². The van der Waals surface area contributed by atoms with Crippen LogP contribution >= 0.6 is 0 Å². The van der Waals surface area contributed by atoms with Crippen molar-refractivity contribution in [2.24, 2.45) is 0 Å². The summed E-state index contributed by atoms with van der Waals surface area (Å²) >= 11 is 0. The molecule has 1 spiro atoms. The molecule has 72 heavy (non-hydrogen) atoms. The van der Waals surface area contributed by atoms with Crippen LogP contribution in [0.2, 0.25) is 0 Å². The van der Waals surface area contributed by atoms with E-state index in [1.54, 1.807) is 0 Å². The molecule has 0 fully saturated rings. The van der Waals surface area contributed by atoms with Crippen molar-refractivity contribution in [1.29, 1.82) is 0 Å². The predicted octanol–water partition coefficient (Wildman–Crippen LogP) is 18.7. The van der Waals surface area contributed by atoms with Crippen LogP contribution in [0.1, 0.15) is 22.3 Å². The van der Waals surface area contributed by atoms with Crippen molar-refractivity contribution in [1.82, 2.24) is 0 Å². The zero-order valence-electron chi connectivity index (χ0n) is 39.5. The van der Waals surface area contributed by atoms with E-state index in [1.807, 2.05) is 0 Å². The Morgan fingerprint density at radius 3 is 1.11 bits per heavy atom. The molecule has 0 unspecified atom stereocenters. The minimum atomic E-state index is -0.499. The van der Waals surface area contributed by atoms with Crippen molar-refractivity contribution >= 4 is 72.7 Å². The van der Waals surface area contributed by atoms with Crippen molar-refractivity contribution < 1.29 is 0 Å². The van der Waals surface area contributed by atoms with Gasteiger partial charge in [-0.05, 0) is 129 Å². The highest BCUT2D eigenvalue weighted by atomic mass is 15.2. The Morgan fingerprint density at radius 2 is 0.569 bits per heavy atom. The molecular weight excluding hydrogens is 871 g/mol. The van der Waals surface area contributed by atoms with E-state index in [4.69, 9.17) is 0 Å². The van der Waals surface area contributed by atoms with Gasteiger partial charge in [0.25, 0.3) is 0 Å². The highest BCUT2D eigenvalue weighted by Gasteiger charge is 2.52. The number of para-hydroxylation sites is 2. The third-order valence-electron chi connectivity index (χ3n) is 15.0. The summed E-state index contributed by atoms with van der Waals surface area (Å²) in [6.45, 7) is 0. The second-order valence-electron chi connectivity index (χ2n) is 18.8. The molecule has 0 amide bonds. The zero-order chi connectivity index (χ0) is 47.6. The first kappa shape index (κ1) is 41.5. The lowest BCUT2D eigenvalue weighted by atomic mass is 9.70. The highest BCUT2D eigenvalue weighted by Crippen LogP contribution is 2.65. The molecule has 0 aliphatic heterocycles. The average molecular weight is 918 g/mol. The first-order valence-electron chi connectivity index (χ1n) is 24.8. The molecule has 0 saturated heterocycles. The Morgan fingerprint density at radius 1 is 0.222 bits per heavy atom. The molecule has 0 saturated carbocycles. The van der Waals surface area contributed by atoms with Gasteiger partial charge >= 0.3 is 0 Å². The van der Waals surface area contributed by atoms with Gasteiger partial charge in [-0.2, -0.15) is 0 Å². The van der Waals surface area contributed by atoms with Crippen LogP contribution in [0.3, 0.4) is 0 Å². The molecule has 0 N–H and O–H groups in total. The van der Waals surface area contributed by atoms with E-state index in [9.17, 15) is 0 Å². The lowest BCUT2D eigenvalue weighted by molar-refractivity contribution is 0.794. The van der Waals surface area contributed by atoms with E-state index in [0.717, 1.165) is 51.2 Å². The minimum Gasteiger partial charge on any atom is -0.310 e. The molecule has 0 radical (unpaired) electrons. The molecule has 14 rings (SSSR count). The van der Waals surface area contributed by atoms with E-state index >= 15 is 0 Å². The van der Waals surface area contributed by atoms with Crippen molar-refractivity contribution in [2.45, 2.75) is 5.41 Å². The average Bonchev–Trinajstić information content (AvgIpc) is 3.92. The van der Waals surface area contributed by atoms with Gasteiger partial charge in [-0.3, -0.25) is 0 Å². The molecule has 338 valence electrons. The van der Waals surface area contributed by atoms with Gasteiger partial charge in [0.1, 0.15) is 0 Å². The van der Waals surface area contributed by atoms with Gasteiger partial charge in [0.05, 0.1) is 22.5 Å². The van der Waals surface area contributed by atoms with E-state index in [-0.39, 0.29) is 0 Å². The largest absolute Gasteiger partial charge is 0.310 e. The quantitative estimate of drug-likeness (QED) is 0.143. The van der Waals surface area contributed by atoms with Gasteiger partial charge in [0, 0.05) is 50.5 Å². The lowest BCUT2D eigenvalue weighted by Crippen LogP contribution is -2.26. The molecule has 0 aromatic heterocycles. The second kappa shape index (κ2) is 16.9. The minimum absolute atomic E-state index is 0.499. The summed E-state index contributed by atoms with van der Waals surface area (Å²) in [4.78, 5) is 7.32. The summed E-state index contributed by atoms with van der Waals surface area (Å²) < 4.78 is 0. The van der Waals surface area contributed by atoms with Gasteiger partial charge in [0.15, 0.2) is 0 Å². The maximum absolute atomic E-state index is 2.51. The monoisotopic (exact) mass is 917 g/mol. The number of rotatable bonds is 9. The maximum Gasteiger partial charge on any atom is 0.0726 e. The van der Waals surface area contributed by atoms with Gasteiger partial charge in [0.2, 0.25) is 0 Å². The fraction of sp³-hybridized carbons (Fsp3) is 0.0145. The Bertz CT molecular complexity index is 3850. The van der Waals surface area contributed by atoms with Crippen LogP contribution < -0.4 is 14.7 Å². The second-order valence-corrected chi connectivity index (χ2v) is 18.8. The molecule has 0 atom stereocenters. The van der Waals surface area contributed by atoms with Crippen LogP contribution in [0.4, 0.5) is 51.2 Å². The predicted molar refractivity (Wildman–Crippen MR) is 302 cm³/mol. The number of benzene rings is 12. The van der Waals surface area contributed by atoms with Crippen LogP contribution in [0.5, 0.6) is 0 Å². The summed E-state index contributed by atoms with van der Waals surface area (Å²) in [6.07, 6.45) is 0. The molecule has 12 aromatic rings. The molecule has 2 aliphatic carbocycles. The van der Waals surface area contributed by atoms with E-state index < -0.39 is 5.41 Å². The number of fused-ring (bicyclic) bond motifs is 12. The molecule has 0 heterocycles. The summed E-state index contributed by atoms with van der Waals surface area (Å²) in [7, 11) is 0. The van der Waals surface area contributed by atoms with Gasteiger partial charge in [-0.15, -0.1) is 0 Å². The first-order valence-corrected chi connectivity index (χ1v) is 24.8. The molecule has 0 bridgehead atoms. The summed E-state index contributed by atoms with van der Waals surface area (Å²) in [5.74, 6) is 0. The summed E-state index contributed by atoms with van der Waals surface area (Å²) in [5.41, 5.74) is 19.5. The standard InChI is InChI=1S/C69H47N3/c1-3-26-50(27-4-1)70(51-28-5-2-6-29-51)52-30-19-31-53(46-52)71(67-45-21-42-64-68(67)60-38-13-16-41-63(60)69(64)61-39-14-11-36-58(61)59-37-12-15-40-62(59)69)54-32-20-33-55(47-54)72(65-43-17-24-48-22-7-9-34-56(48)65)66-44-18-25-49-23-8-10-35-57(49)66/h1-47H. The van der Waals surface area contributed by atoms with Crippen LogP contribution in [0.15, 0.2) is 285 Å². The summed E-state index contributed by atoms with van der Waals surface area (Å²) in [5, 5.41) is 4.76. The zero-order valence-corrected chi connectivity index (χ0v) is 39.5. The number of anilines is 9. The number of hydrogen-bond acceptors (Lipinski definition) is 3. The number of nitrogens with zero attached hydrogens (tertiary/aromatic N) is 3. The Balaban J connectivity index is 1.04. The fourth-order valence-corrected chi connectivity index (χ4v) is 12.1. The molecular formula is C69H47N3. The molecule has 2 aliphatic rings. The normalized spacial score (nSPS) is 12.6. The van der Waals surface area contributed by atoms with Gasteiger partial charge < -0.3 is 14.7 Å². The van der Waals surface area contributed by atoms with Crippen LogP contribution in [-0.4, -0.2) is 0 Å². The van der Waals surface area contributed by atoms with E-state index in [0.29, 0.717) is 0 Å². The van der Waals surface area contributed by atoms with Crippen molar-refractivity contribution in [3.8, 4) is 22.3 Å². The smallest absolute Gasteiger partial charge is 0.0726 e. The molecule has 3 nitrogen and oxygen atoms in total. The topological polar surface area (TPSA) is 9.72 Å². The molecule has 12 aromatic carbocycles. The van der Waals surface area contributed by atoms with Crippen molar-refractivity contribution in [3.05, 3.63) is 307 Å². The maximum atomic E-state index is 2.51. The van der Waals surface area contributed by atoms with Crippen LogP contribution in [-0.2, 0) is 5.41 Å². The van der Waals surface area contributed by atoms with E-state index in [1.165, 1.54) is 66.1 Å². The Kier molecular flexibility index (Phi) is 9.75. The first-order chi connectivity index (χ1) is 35.8. The Hall–Kier alpha value is -9.44. The third kappa shape index (κ3) is 6.38. The molecule has 3 heteroatoms. The van der Waals surface area contributed by atoms with Gasteiger partial charge in [-0.25, -0.2) is 0 Å². The fourth-order valence-electron chi connectivity index (χ4n) is 12.1. The SMILES string of the molecule is c1ccc(N(c2ccccc2)c2cccc(N(c3cccc(N(c4cccc5ccccc45)c4cccc5ccccc45)c3)c3cccc4c3-c3ccccc3C43c4ccccc4-c4ccccc43)c2)cc1. The lowest BCUT2D eigenvalue weighted by Gasteiger charge is -2.33. The van der Waals surface area contributed by atoms with Crippen molar-refractivity contribution in [3.63, 3.8) is 0 Å². The van der Waals surface area contributed by atoms with Crippen LogP contribution in [0, 0.1) is 0 Å². The summed E-state index contributed by atoms with van der Waals surface area (Å²) in [6, 6.07) is 105. The van der Waals surface area contributed by atoms with Crippen molar-refractivity contribution in [2.75, 3.05) is 14.7 Å². The number of hydrogen-bond donors (Lipinski definition) is 0. The third-order valence-corrected chi connectivity index (χ3v) is 15.0. The Labute approximate surface area is 420 Å². The highest BCUT2D eigenvalue weighted by molar-refractivity contribution is 6.06. The van der Waals surface area contributed by atoms with Crippen LogP contribution in [0.25, 0.3) is 43.8 Å².